The van der Waals surface area contributed by atoms with Gasteiger partial charge in [-0.05, 0) is 25.0 Å². The number of halogens is 1. The highest BCUT2D eigenvalue weighted by molar-refractivity contribution is 5.79. The van der Waals surface area contributed by atoms with Gasteiger partial charge in [0.25, 0.3) is 0 Å². The average molecular weight is 335 g/mol. The van der Waals surface area contributed by atoms with Crippen molar-refractivity contribution in [1.82, 2.24) is 10.2 Å². The van der Waals surface area contributed by atoms with E-state index in [9.17, 15) is 4.39 Å². The molecule has 0 radical (unpaired) electrons. The Hall–Kier alpha value is -1.62. The van der Waals surface area contributed by atoms with Crippen molar-refractivity contribution < 1.29 is 9.13 Å². The molecule has 1 unspecified atom stereocenters. The Morgan fingerprint density at radius 1 is 1.42 bits per heavy atom. The second-order valence-electron chi connectivity index (χ2n) is 7.14. The van der Waals surface area contributed by atoms with E-state index in [1.54, 1.807) is 6.07 Å². The molecule has 0 bridgehead atoms. The maximum absolute atomic E-state index is 14.1. The van der Waals surface area contributed by atoms with Crippen LogP contribution < -0.4 is 5.32 Å². The number of hydrogen-bond acceptors (Lipinski definition) is 2. The zero-order valence-electron chi connectivity index (χ0n) is 15.3. The Balaban J connectivity index is 2.07. The third-order valence-corrected chi connectivity index (χ3v) is 4.48. The molecule has 1 fully saturated rings. The first-order chi connectivity index (χ1) is 11.4. The molecule has 0 saturated carbocycles. The van der Waals surface area contributed by atoms with Crippen LogP contribution in [0, 0.1) is 11.7 Å². The van der Waals surface area contributed by atoms with E-state index in [2.05, 4.69) is 24.2 Å². The number of benzene rings is 1. The lowest BCUT2D eigenvalue weighted by atomic mass is 9.84. The molecule has 134 valence electrons. The molecular formula is C19H30FN3O. The summed E-state index contributed by atoms with van der Waals surface area (Å²) in [6.07, 6.45) is 1.10. The molecule has 24 heavy (non-hydrogen) atoms. The molecule has 0 spiro atoms. The SMILES string of the molecule is CCNC(=NCC(C)(C)c1ccccc1F)N(C)CC1CCOC1. The number of aliphatic imine (C=N–C) groups is 1. The van der Waals surface area contributed by atoms with Crippen LogP contribution in [-0.4, -0.2) is 50.8 Å². The zero-order valence-corrected chi connectivity index (χ0v) is 15.3. The Morgan fingerprint density at radius 3 is 2.79 bits per heavy atom. The van der Waals surface area contributed by atoms with Gasteiger partial charge in [-0.25, -0.2) is 4.39 Å². The van der Waals surface area contributed by atoms with Crippen LogP contribution in [0.15, 0.2) is 29.3 Å². The highest BCUT2D eigenvalue weighted by Gasteiger charge is 2.25. The topological polar surface area (TPSA) is 36.9 Å². The molecule has 2 rings (SSSR count). The highest BCUT2D eigenvalue weighted by Crippen LogP contribution is 2.26. The van der Waals surface area contributed by atoms with Crippen LogP contribution in [0.4, 0.5) is 4.39 Å². The fourth-order valence-corrected chi connectivity index (χ4v) is 3.04. The van der Waals surface area contributed by atoms with E-state index in [1.807, 2.05) is 26.0 Å². The summed E-state index contributed by atoms with van der Waals surface area (Å²) < 4.78 is 19.6. The largest absolute Gasteiger partial charge is 0.381 e. The highest BCUT2D eigenvalue weighted by atomic mass is 19.1. The molecule has 1 aromatic carbocycles. The van der Waals surface area contributed by atoms with Crippen LogP contribution in [0.5, 0.6) is 0 Å². The van der Waals surface area contributed by atoms with E-state index in [0.29, 0.717) is 18.0 Å². The van der Waals surface area contributed by atoms with Crippen molar-refractivity contribution in [1.29, 1.82) is 0 Å². The fraction of sp³-hybridized carbons (Fsp3) is 0.632. The summed E-state index contributed by atoms with van der Waals surface area (Å²) in [6.45, 7) is 10.1. The van der Waals surface area contributed by atoms with Crippen molar-refractivity contribution in [2.45, 2.75) is 32.6 Å². The van der Waals surface area contributed by atoms with Gasteiger partial charge in [0.2, 0.25) is 0 Å². The Bertz CT molecular complexity index is 553. The van der Waals surface area contributed by atoms with Gasteiger partial charge in [0.05, 0.1) is 13.2 Å². The van der Waals surface area contributed by atoms with Gasteiger partial charge in [-0.1, -0.05) is 32.0 Å². The first-order valence-corrected chi connectivity index (χ1v) is 8.76. The third kappa shape index (κ3) is 4.94. The quantitative estimate of drug-likeness (QED) is 0.641. The molecule has 5 heteroatoms. The standard InChI is InChI=1S/C19H30FN3O/c1-5-21-18(23(4)12-15-10-11-24-13-15)22-14-19(2,3)16-8-6-7-9-17(16)20/h6-9,15H,5,10-14H2,1-4H3,(H,21,22). The van der Waals surface area contributed by atoms with Crippen molar-refractivity contribution in [3.8, 4) is 0 Å². The summed E-state index contributed by atoms with van der Waals surface area (Å²) >= 11 is 0. The number of hydrogen-bond donors (Lipinski definition) is 1. The lowest BCUT2D eigenvalue weighted by molar-refractivity contribution is 0.181. The summed E-state index contributed by atoms with van der Waals surface area (Å²) in [6, 6.07) is 6.95. The first kappa shape index (κ1) is 18.7. The van der Waals surface area contributed by atoms with Gasteiger partial charge in [0, 0.05) is 38.1 Å². The van der Waals surface area contributed by atoms with Crippen molar-refractivity contribution >= 4 is 5.96 Å². The van der Waals surface area contributed by atoms with Gasteiger partial charge in [-0.15, -0.1) is 0 Å². The molecule has 0 amide bonds. The summed E-state index contributed by atoms with van der Waals surface area (Å²) in [5.41, 5.74) is 0.347. The minimum Gasteiger partial charge on any atom is -0.381 e. The number of ether oxygens (including phenoxy) is 1. The van der Waals surface area contributed by atoms with Gasteiger partial charge in [-0.3, -0.25) is 4.99 Å². The number of nitrogens with zero attached hydrogens (tertiary/aromatic N) is 2. The predicted molar refractivity (Wildman–Crippen MR) is 97.0 cm³/mol. The molecule has 1 heterocycles. The molecule has 0 aromatic heterocycles. The van der Waals surface area contributed by atoms with E-state index in [1.165, 1.54) is 6.07 Å². The fourth-order valence-electron chi connectivity index (χ4n) is 3.04. The van der Waals surface area contributed by atoms with Gasteiger partial charge >= 0.3 is 0 Å². The molecule has 1 atom stereocenters. The van der Waals surface area contributed by atoms with Crippen molar-refractivity contribution in [3.63, 3.8) is 0 Å². The zero-order chi connectivity index (χ0) is 17.6. The number of nitrogens with one attached hydrogen (secondary N) is 1. The van der Waals surface area contributed by atoms with Crippen molar-refractivity contribution in [2.75, 3.05) is 39.9 Å². The summed E-state index contributed by atoms with van der Waals surface area (Å²) in [5.74, 6) is 1.26. The van der Waals surface area contributed by atoms with Gasteiger partial charge in [0.15, 0.2) is 5.96 Å². The number of rotatable bonds is 6. The molecule has 1 saturated heterocycles. The lowest BCUT2D eigenvalue weighted by Crippen LogP contribution is -2.42. The number of guanidine groups is 1. The maximum atomic E-state index is 14.1. The molecule has 1 aliphatic rings. The van der Waals surface area contributed by atoms with E-state index in [-0.39, 0.29) is 11.2 Å². The molecule has 1 aliphatic heterocycles. The minimum atomic E-state index is -0.358. The lowest BCUT2D eigenvalue weighted by Gasteiger charge is -2.28. The predicted octanol–water partition coefficient (Wildman–Crippen LogP) is 3.04. The third-order valence-electron chi connectivity index (χ3n) is 4.48. The molecule has 0 aliphatic carbocycles. The van der Waals surface area contributed by atoms with E-state index < -0.39 is 0 Å². The monoisotopic (exact) mass is 335 g/mol. The Labute approximate surface area is 145 Å². The van der Waals surface area contributed by atoms with Crippen LogP contribution in [0.2, 0.25) is 0 Å². The normalized spacial score (nSPS) is 18.7. The van der Waals surface area contributed by atoms with Crippen LogP contribution in [-0.2, 0) is 10.2 Å². The van der Waals surface area contributed by atoms with E-state index in [4.69, 9.17) is 9.73 Å². The van der Waals surface area contributed by atoms with E-state index in [0.717, 1.165) is 38.7 Å². The van der Waals surface area contributed by atoms with Crippen LogP contribution in [0.1, 0.15) is 32.8 Å². The summed E-state index contributed by atoms with van der Waals surface area (Å²) in [4.78, 5) is 6.92. The van der Waals surface area contributed by atoms with Gasteiger partial charge in [0.1, 0.15) is 5.82 Å². The van der Waals surface area contributed by atoms with Crippen molar-refractivity contribution in [3.05, 3.63) is 35.6 Å². The second kappa shape index (κ2) is 8.47. The average Bonchev–Trinajstić information content (AvgIpc) is 3.04. The van der Waals surface area contributed by atoms with Crippen LogP contribution >= 0.6 is 0 Å². The molecule has 4 nitrogen and oxygen atoms in total. The minimum absolute atomic E-state index is 0.167. The molecule has 1 N–H and O–H groups in total. The summed E-state index contributed by atoms with van der Waals surface area (Å²) in [7, 11) is 2.05. The van der Waals surface area contributed by atoms with E-state index >= 15 is 0 Å². The van der Waals surface area contributed by atoms with Crippen molar-refractivity contribution in [2.24, 2.45) is 10.9 Å². The van der Waals surface area contributed by atoms with Gasteiger partial charge < -0.3 is 15.0 Å². The smallest absolute Gasteiger partial charge is 0.193 e. The van der Waals surface area contributed by atoms with Gasteiger partial charge in [-0.2, -0.15) is 0 Å². The first-order valence-electron chi connectivity index (χ1n) is 8.76. The maximum Gasteiger partial charge on any atom is 0.193 e. The molecule has 1 aromatic rings. The second-order valence-corrected chi connectivity index (χ2v) is 7.14. The molecular weight excluding hydrogens is 305 g/mol. The summed E-state index contributed by atoms with van der Waals surface area (Å²) in [5, 5.41) is 3.34. The van der Waals surface area contributed by atoms with Crippen LogP contribution in [0.25, 0.3) is 0 Å². The van der Waals surface area contributed by atoms with Crippen LogP contribution in [0.3, 0.4) is 0 Å². The Kier molecular flexibility index (Phi) is 6.60. The Morgan fingerprint density at radius 2 is 2.17 bits per heavy atom.